The molecular weight excluding hydrogens is 405 g/mol. The van der Waals surface area contributed by atoms with Gasteiger partial charge in [0, 0.05) is 25.7 Å². The van der Waals surface area contributed by atoms with Crippen LogP contribution in [0.3, 0.4) is 0 Å². The van der Waals surface area contributed by atoms with Gasteiger partial charge in [-0.1, -0.05) is 13.8 Å². The number of rotatable bonds is 5. The predicted octanol–water partition coefficient (Wildman–Crippen LogP) is 2.79. The second-order valence-electron chi connectivity index (χ2n) is 6.73. The number of hydrogen-bond donors (Lipinski definition) is 1. The van der Waals surface area contributed by atoms with Gasteiger partial charge in [-0.05, 0) is 59.9 Å². The van der Waals surface area contributed by atoms with Crippen LogP contribution in [-0.2, 0) is 0 Å². The van der Waals surface area contributed by atoms with Crippen LogP contribution in [-0.4, -0.2) is 48.6 Å². The number of ether oxygens (including phenoxy) is 1. The molecule has 0 unspecified atom stereocenters. The minimum atomic E-state index is -0.129. The van der Waals surface area contributed by atoms with Gasteiger partial charge >= 0.3 is 0 Å². The Kier molecular flexibility index (Phi) is 6.64. The number of hydrogen-bond acceptors (Lipinski definition) is 4. The van der Waals surface area contributed by atoms with E-state index in [9.17, 15) is 4.79 Å². The van der Waals surface area contributed by atoms with Gasteiger partial charge in [-0.3, -0.25) is 4.79 Å². The number of piperidine rings is 1. The van der Waals surface area contributed by atoms with Crippen LogP contribution in [0.2, 0.25) is 0 Å². The average Bonchev–Trinajstić information content (AvgIpc) is 2.45. The van der Waals surface area contributed by atoms with Crippen molar-refractivity contribution in [3.63, 3.8) is 0 Å². The maximum atomic E-state index is 12.3. The molecule has 23 heavy (non-hydrogen) atoms. The fraction of sp³-hybridized carbons (Fsp3) is 0.647. The molecule has 0 aliphatic carbocycles. The Hall–Kier alpha value is -0.890. The van der Waals surface area contributed by atoms with Crippen LogP contribution in [0.25, 0.3) is 0 Å². The molecule has 0 radical (unpaired) electrons. The molecule has 1 N–H and O–H groups in total. The molecule has 1 aromatic heterocycles. The van der Waals surface area contributed by atoms with Crippen molar-refractivity contribution in [2.75, 3.05) is 26.7 Å². The lowest BCUT2D eigenvalue weighted by atomic mass is 9.92. The van der Waals surface area contributed by atoms with Crippen molar-refractivity contribution in [3.8, 4) is 5.75 Å². The highest BCUT2D eigenvalue weighted by Gasteiger charge is 2.23. The first kappa shape index (κ1) is 18.4. The smallest absolute Gasteiger partial charge is 0.270 e. The second-order valence-corrected chi connectivity index (χ2v) is 7.75. The summed E-state index contributed by atoms with van der Waals surface area (Å²) in [5, 5.41) is 3.05. The van der Waals surface area contributed by atoms with E-state index < -0.39 is 0 Å². The molecule has 1 saturated heterocycles. The monoisotopic (exact) mass is 431 g/mol. The van der Waals surface area contributed by atoms with E-state index in [1.54, 1.807) is 19.2 Å². The van der Waals surface area contributed by atoms with Gasteiger partial charge in [0.25, 0.3) is 5.91 Å². The summed E-state index contributed by atoms with van der Waals surface area (Å²) in [7, 11) is 1.60. The number of likely N-dealkylation sites (tertiary alicyclic amines) is 1. The molecule has 2 heterocycles. The number of methoxy groups -OCH3 is 1. The van der Waals surface area contributed by atoms with Gasteiger partial charge in [0.2, 0.25) is 0 Å². The zero-order valence-corrected chi connectivity index (χ0v) is 16.5. The number of pyridine rings is 1. The summed E-state index contributed by atoms with van der Waals surface area (Å²) in [5.74, 6) is 2.01. The molecule has 1 aliphatic rings. The van der Waals surface area contributed by atoms with Crippen molar-refractivity contribution in [1.82, 2.24) is 15.2 Å². The third-order valence-corrected chi connectivity index (χ3v) is 4.89. The summed E-state index contributed by atoms with van der Waals surface area (Å²) in [6.07, 6.45) is 1.30. The normalized spacial score (nSPS) is 23.3. The first-order valence-electron chi connectivity index (χ1n) is 8.12. The van der Waals surface area contributed by atoms with Gasteiger partial charge in [0.1, 0.15) is 9.39 Å². The van der Waals surface area contributed by atoms with Crippen molar-refractivity contribution in [2.45, 2.75) is 33.2 Å². The topological polar surface area (TPSA) is 54.5 Å². The van der Waals surface area contributed by atoms with Crippen LogP contribution in [0.4, 0.5) is 0 Å². The van der Waals surface area contributed by atoms with Gasteiger partial charge in [-0.15, -0.1) is 0 Å². The molecule has 0 saturated carbocycles. The first-order valence-corrected chi connectivity index (χ1v) is 9.20. The Morgan fingerprint density at radius 3 is 2.65 bits per heavy atom. The van der Waals surface area contributed by atoms with Crippen LogP contribution in [0.1, 0.15) is 37.7 Å². The van der Waals surface area contributed by atoms with E-state index >= 15 is 0 Å². The number of carbonyl (C=O) groups is 1. The van der Waals surface area contributed by atoms with Gasteiger partial charge in [-0.2, -0.15) is 0 Å². The second kappa shape index (κ2) is 8.28. The molecule has 0 aromatic carbocycles. The highest BCUT2D eigenvalue weighted by molar-refractivity contribution is 14.1. The standard InChI is InChI=1S/C17H26IN3O2/c1-11-7-12(2)9-21(8-11)10-13(3)19-17(22)14-5-6-15(23-4)16(18)20-14/h5-6,11-13H,7-10H2,1-4H3,(H,19,22)/t11-,12-,13-/m1/s1. The lowest BCUT2D eigenvalue weighted by Crippen LogP contribution is -2.47. The third-order valence-electron chi connectivity index (χ3n) is 4.12. The molecule has 1 aliphatic heterocycles. The fourth-order valence-corrected chi connectivity index (χ4v) is 4.03. The van der Waals surface area contributed by atoms with Crippen molar-refractivity contribution in [3.05, 3.63) is 21.5 Å². The van der Waals surface area contributed by atoms with Gasteiger partial charge in [-0.25, -0.2) is 4.98 Å². The summed E-state index contributed by atoms with van der Waals surface area (Å²) >= 11 is 2.08. The Morgan fingerprint density at radius 1 is 1.43 bits per heavy atom. The molecule has 1 aromatic rings. The van der Waals surface area contributed by atoms with E-state index in [1.807, 2.05) is 0 Å². The van der Waals surface area contributed by atoms with Crippen molar-refractivity contribution in [2.24, 2.45) is 11.8 Å². The molecule has 6 heteroatoms. The van der Waals surface area contributed by atoms with E-state index in [0.29, 0.717) is 15.1 Å². The Labute approximate surface area is 152 Å². The maximum Gasteiger partial charge on any atom is 0.270 e. The summed E-state index contributed by atoms with van der Waals surface area (Å²) in [6.45, 7) is 9.76. The van der Waals surface area contributed by atoms with Crippen LogP contribution >= 0.6 is 22.6 Å². The molecular formula is C17H26IN3O2. The van der Waals surface area contributed by atoms with Crippen LogP contribution in [0, 0.1) is 15.5 Å². The summed E-state index contributed by atoms with van der Waals surface area (Å²) < 4.78 is 5.87. The van der Waals surface area contributed by atoms with Crippen LogP contribution in [0.15, 0.2) is 12.1 Å². The van der Waals surface area contributed by atoms with E-state index in [1.165, 1.54) is 6.42 Å². The Balaban J connectivity index is 1.90. The SMILES string of the molecule is COc1ccc(C(=O)N[C@H](C)CN2C[C@H](C)C[C@@H](C)C2)nc1I. The number of aromatic nitrogens is 1. The molecule has 3 atom stereocenters. The third kappa shape index (κ3) is 5.31. The average molecular weight is 431 g/mol. The lowest BCUT2D eigenvalue weighted by molar-refractivity contribution is 0.0900. The number of nitrogens with one attached hydrogen (secondary N) is 1. The predicted molar refractivity (Wildman–Crippen MR) is 99.8 cm³/mol. The lowest BCUT2D eigenvalue weighted by Gasteiger charge is -2.36. The summed E-state index contributed by atoms with van der Waals surface area (Å²) in [6, 6.07) is 3.58. The maximum absolute atomic E-state index is 12.3. The van der Waals surface area contributed by atoms with Gasteiger partial charge in [0.15, 0.2) is 5.75 Å². The molecule has 1 amide bonds. The van der Waals surface area contributed by atoms with E-state index in [0.717, 1.165) is 31.5 Å². The van der Waals surface area contributed by atoms with Crippen LogP contribution < -0.4 is 10.1 Å². The van der Waals surface area contributed by atoms with Crippen LogP contribution in [0.5, 0.6) is 5.75 Å². The van der Waals surface area contributed by atoms with Crippen molar-refractivity contribution < 1.29 is 9.53 Å². The van der Waals surface area contributed by atoms with Gasteiger partial charge in [0.05, 0.1) is 7.11 Å². The van der Waals surface area contributed by atoms with Crippen molar-refractivity contribution in [1.29, 1.82) is 0 Å². The number of nitrogens with zero attached hydrogens (tertiary/aromatic N) is 2. The quantitative estimate of drug-likeness (QED) is 0.576. The fourth-order valence-electron chi connectivity index (χ4n) is 3.37. The molecule has 1 fully saturated rings. The highest BCUT2D eigenvalue weighted by atomic mass is 127. The Morgan fingerprint density at radius 2 is 2.09 bits per heavy atom. The summed E-state index contributed by atoms with van der Waals surface area (Å²) in [4.78, 5) is 19.1. The highest BCUT2D eigenvalue weighted by Crippen LogP contribution is 2.21. The van der Waals surface area contributed by atoms with Crippen molar-refractivity contribution >= 4 is 28.5 Å². The van der Waals surface area contributed by atoms with E-state index in [4.69, 9.17) is 4.74 Å². The first-order chi connectivity index (χ1) is 10.9. The Bertz CT molecular complexity index is 543. The number of halogens is 1. The minimum Gasteiger partial charge on any atom is -0.494 e. The van der Waals surface area contributed by atoms with E-state index in [2.05, 4.69) is 58.6 Å². The van der Waals surface area contributed by atoms with E-state index in [-0.39, 0.29) is 11.9 Å². The number of amides is 1. The molecule has 0 bridgehead atoms. The molecule has 5 nitrogen and oxygen atoms in total. The zero-order valence-electron chi connectivity index (χ0n) is 14.3. The molecule has 128 valence electrons. The largest absolute Gasteiger partial charge is 0.494 e. The number of carbonyl (C=O) groups excluding carboxylic acids is 1. The minimum absolute atomic E-state index is 0.0987. The zero-order chi connectivity index (χ0) is 17.0. The summed E-state index contributed by atoms with van der Waals surface area (Å²) in [5.41, 5.74) is 0.433. The molecule has 2 rings (SSSR count). The van der Waals surface area contributed by atoms with Gasteiger partial charge < -0.3 is 15.0 Å². The molecule has 0 spiro atoms.